The van der Waals surface area contributed by atoms with Gasteiger partial charge in [-0.2, -0.15) is 5.26 Å². The van der Waals surface area contributed by atoms with Crippen molar-refractivity contribution in [2.45, 2.75) is 35.8 Å². The van der Waals surface area contributed by atoms with Gasteiger partial charge in [0, 0.05) is 19.3 Å². The number of nitriles is 1. The van der Waals surface area contributed by atoms with Gasteiger partial charge in [-0.15, -0.1) is 10.2 Å². The van der Waals surface area contributed by atoms with Crippen LogP contribution >= 0.6 is 23.1 Å². The Hall–Kier alpha value is -0.800. The van der Waals surface area contributed by atoms with Crippen LogP contribution < -0.4 is 4.90 Å². The second-order valence-electron chi connectivity index (χ2n) is 5.06. The van der Waals surface area contributed by atoms with Gasteiger partial charge in [-0.25, -0.2) is 0 Å². The summed E-state index contributed by atoms with van der Waals surface area (Å²) in [4.78, 5) is 1.97. The molecule has 0 aromatic carbocycles. The highest BCUT2D eigenvalue weighted by atomic mass is 32.2. The van der Waals surface area contributed by atoms with Crippen molar-refractivity contribution in [1.82, 2.24) is 10.2 Å². The maximum absolute atomic E-state index is 9.21. The van der Waals surface area contributed by atoms with Crippen molar-refractivity contribution in [2.75, 3.05) is 19.0 Å². The zero-order valence-electron chi connectivity index (χ0n) is 11.0. The molecule has 3 atom stereocenters. The van der Waals surface area contributed by atoms with E-state index in [0.717, 1.165) is 22.3 Å². The molecule has 1 aromatic rings. The number of thioether (sulfide) groups is 1. The first-order chi connectivity index (χ1) is 8.60. The van der Waals surface area contributed by atoms with Gasteiger partial charge in [0.2, 0.25) is 5.13 Å². The predicted octanol–water partition coefficient (Wildman–Crippen LogP) is 3.02. The van der Waals surface area contributed by atoms with Gasteiger partial charge >= 0.3 is 0 Å². The molecule has 0 bridgehead atoms. The Morgan fingerprint density at radius 1 is 1.39 bits per heavy atom. The third kappa shape index (κ3) is 3.15. The number of anilines is 1. The Bertz CT molecular complexity index is 438. The molecule has 0 aliphatic heterocycles. The molecule has 0 saturated heterocycles. The highest BCUT2D eigenvalue weighted by Crippen LogP contribution is 2.41. The van der Waals surface area contributed by atoms with E-state index in [9.17, 15) is 5.26 Å². The summed E-state index contributed by atoms with van der Waals surface area (Å²) in [6, 6.07) is 2.45. The Morgan fingerprint density at radius 3 is 2.78 bits per heavy atom. The molecule has 0 N–H and O–H groups in total. The van der Waals surface area contributed by atoms with Gasteiger partial charge in [-0.3, -0.25) is 0 Å². The molecule has 1 heterocycles. The molecule has 1 saturated carbocycles. The smallest absolute Gasteiger partial charge is 0.208 e. The van der Waals surface area contributed by atoms with E-state index in [1.807, 2.05) is 19.0 Å². The Kier molecular flexibility index (Phi) is 4.46. The minimum Gasteiger partial charge on any atom is -0.353 e. The number of aromatic nitrogens is 2. The zero-order chi connectivity index (χ0) is 13.1. The van der Waals surface area contributed by atoms with Crippen molar-refractivity contribution in [3.05, 3.63) is 0 Å². The predicted molar refractivity (Wildman–Crippen MR) is 76.0 cm³/mol. The van der Waals surface area contributed by atoms with E-state index in [4.69, 9.17) is 0 Å². The normalized spacial score (nSPS) is 27.8. The van der Waals surface area contributed by atoms with Crippen molar-refractivity contribution >= 4 is 28.2 Å². The van der Waals surface area contributed by atoms with Crippen LogP contribution in [-0.4, -0.2) is 29.5 Å². The molecular weight excluding hydrogens is 264 g/mol. The first-order valence-electron chi connectivity index (χ1n) is 6.17. The quantitative estimate of drug-likeness (QED) is 0.853. The Balaban J connectivity index is 2.04. The van der Waals surface area contributed by atoms with E-state index in [-0.39, 0.29) is 5.92 Å². The highest BCUT2D eigenvalue weighted by Gasteiger charge is 2.30. The second kappa shape index (κ2) is 5.89. The van der Waals surface area contributed by atoms with Crippen LogP contribution in [-0.2, 0) is 0 Å². The standard InChI is InChI=1S/C12H18N4S2/c1-8-4-5-9(7-13)10(6-8)17-12-15-14-11(18-12)16(2)3/h8-10H,4-6H2,1-3H3. The second-order valence-corrected chi connectivity index (χ2v) is 7.50. The van der Waals surface area contributed by atoms with E-state index in [1.165, 1.54) is 6.42 Å². The van der Waals surface area contributed by atoms with Gasteiger partial charge in [0.15, 0.2) is 4.34 Å². The fraction of sp³-hybridized carbons (Fsp3) is 0.750. The molecule has 3 unspecified atom stereocenters. The van der Waals surface area contributed by atoms with Crippen molar-refractivity contribution in [1.29, 1.82) is 5.26 Å². The molecule has 0 radical (unpaired) electrons. The first kappa shape index (κ1) is 13.6. The van der Waals surface area contributed by atoms with E-state index in [0.29, 0.717) is 11.2 Å². The monoisotopic (exact) mass is 282 g/mol. The summed E-state index contributed by atoms with van der Waals surface area (Å²) < 4.78 is 0.984. The topological polar surface area (TPSA) is 52.8 Å². The van der Waals surface area contributed by atoms with Gasteiger partial charge in [0.25, 0.3) is 0 Å². The third-order valence-corrected chi connectivity index (χ3v) is 5.78. The SMILES string of the molecule is CC1CCC(C#N)C(Sc2nnc(N(C)C)s2)C1. The summed E-state index contributed by atoms with van der Waals surface area (Å²) in [5.74, 6) is 0.881. The number of hydrogen-bond acceptors (Lipinski definition) is 6. The summed E-state index contributed by atoms with van der Waals surface area (Å²) in [5, 5.41) is 18.9. The summed E-state index contributed by atoms with van der Waals surface area (Å²) in [6.45, 7) is 2.27. The third-order valence-electron chi connectivity index (χ3n) is 3.25. The molecule has 18 heavy (non-hydrogen) atoms. The first-order valence-corrected chi connectivity index (χ1v) is 7.87. The number of rotatable bonds is 3. The summed E-state index contributed by atoms with van der Waals surface area (Å²) in [7, 11) is 3.94. The molecule has 0 spiro atoms. The molecule has 1 aliphatic carbocycles. The minimum atomic E-state index is 0.165. The van der Waals surface area contributed by atoms with E-state index in [2.05, 4.69) is 23.2 Å². The maximum Gasteiger partial charge on any atom is 0.208 e. The largest absolute Gasteiger partial charge is 0.353 e. The van der Waals surface area contributed by atoms with Gasteiger partial charge in [0.05, 0.1) is 12.0 Å². The summed E-state index contributed by atoms with van der Waals surface area (Å²) in [5.41, 5.74) is 0. The fourth-order valence-corrected chi connectivity index (χ4v) is 4.59. The molecule has 1 aliphatic rings. The van der Waals surface area contributed by atoms with Crippen LogP contribution in [0.25, 0.3) is 0 Å². The van der Waals surface area contributed by atoms with E-state index in [1.54, 1.807) is 23.1 Å². The lowest BCUT2D eigenvalue weighted by atomic mass is 9.83. The molecule has 0 amide bonds. The molecule has 6 heteroatoms. The van der Waals surface area contributed by atoms with Crippen molar-refractivity contribution < 1.29 is 0 Å². The van der Waals surface area contributed by atoms with Crippen LogP contribution in [0, 0.1) is 23.2 Å². The van der Waals surface area contributed by atoms with Crippen molar-refractivity contribution in [3.8, 4) is 6.07 Å². The number of nitrogens with zero attached hydrogens (tertiary/aromatic N) is 4. The van der Waals surface area contributed by atoms with Gasteiger partial charge < -0.3 is 4.90 Å². The van der Waals surface area contributed by atoms with Crippen LogP contribution in [0.3, 0.4) is 0 Å². The molecule has 98 valence electrons. The highest BCUT2D eigenvalue weighted by molar-refractivity contribution is 8.01. The van der Waals surface area contributed by atoms with Gasteiger partial charge in [-0.1, -0.05) is 30.0 Å². The van der Waals surface area contributed by atoms with E-state index < -0.39 is 0 Å². The molecule has 1 fully saturated rings. The molecule has 1 aromatic heterocycles. The van der Waals surface area contributed by atoms with Gasteiger partial charge in [-0.05, 0) is 25.2 Å². The van der Waals surface area contributed by atoms with Crippen LogP contribution in [0.2, 0.25) is 0 Å². The summed E-state index contributed by atoms with van der Waals surface area (Å²) in [6.07, 6.45) is 3.31. The molecular formula is C12H18N4S2. The Labute approximate surface area is 116 Å². The average Bonchev–Trinajstić information content (AvgIpc) is 2.78. The van der Waals surface area contributed by atoms with E-state index >= 15 is 0 Å². The van der Waals surface area contributed by atoms with Crippen molar-refractivity contribution in [2.24, 2.45) is 11.8 Å². The zero-order valence-corrected chi connectivity index (χ0v) is 12.6. The van der Waals surface area contributed by atoms with Gasteiger partial charge in [0.1, 0.15) is 0 Å². The summed E-state index contributed by atoms with van der Waals surface area (Å²) >= 11 is 3.34. The average molecular weight is 282 g/mol. The lowest BCUT2D eigenvalue weighted by molar-refractivity contribution is 0.345. The number of hydrogen-bond donors (Lipinski definition) is 0. The Morgan fingerprint density at radius 2 is 2.17 bits per heavy atom. The van der Waals surface area contributed by atoms with Crippen molar-refractivity contribution in [3.63, 3.8) is 0 Å². The minimum absolute atomic E-state index is 0.165. The van der Waals surface area contributed by atoms with Crippen LogP contribution in [0.1, 0.15) is 26.2 Å². The van der Waals surface area contributed by atoms with Crippen LogP contribution in [0.5, 0.6) is 0 Å². The lowest BCUT2D eigenvalue weighted by Crippen LogP contribution is -2.24. The molecule has 2 rings (SSSR count). The fourth-order valence-electron chi connectivity index (χ4n) is 2.17. The van der Waals surface area contributed by atoms with Crippen LogP contribution in [0.15, 0.2) is 4.34 Å². The van der Waals surface area contributed by atoms with Crippen LogP contribution in [0.4, 0.5) is 5.13 Å². The molecule has 4 nitrogen and oxygen atoms in total. The lowest BCUT2D eigenvalue weighted by Gasteiger charge is -2.29. The maximum atomic E-state index is 9.21.